The molecule has 0 fully saturated rings. The average Bonchev–Trinajstić information content (AvgIpc) is 2.55. The van der Waals surface area contributed by atoms with Crippen molar-refractivity contribution in [1.82, 2.24) is 10.6 Å². The van der Waals surface area contributed by atoms with Gasteiger partial charge >= 0.3 is 0 Å². The lowest BCUT2D eigenvalue weighted by Gasteiger charge is -2.16. The van der Waals surface area contributed by atoms with Gasteiger partial charge in [0.05, 0.1) is 0 Å². The molecule has 0 aliphatic heterocycles. The minimum atomic E-state index is 0.198. The number of nitrogens with one attached hydrogen (secondary N) is 2. The Labute approximate surface area is 127 Å². The maximum absolute atomic E-state index is 9.44. The minimum absolute atomic E-state index is 0.198. The lowest BCUT2D eigenvalue weighted by atomic mass is 10.1. The number of hydrogen-bond donors (Lipinski definition) is 3. The van der Waals surface area contributed by atoms with E-state index in [9.17, 15) is 5.11 Å². The highest BCUT2D eigenvalue weighted by Crippen LogP contribution is 2.00. The Hall–Kier alpha value is -1.68. The highest BCUT2D eigenvalue weighted by Gasteiger charge is 2.06. The first-order valence-corrected chi connectivity index (χ1v) is 7.48. The van der Waals surface area contributed by atoms with Gasteiger partial charge in [-0.2, -0.15) is 0 Å². The van der Waals surface area contributed by atoms with Crippen molar-refractivity contribution in [3.63, 3.8) is 0 Å². The number of rotatable bonds is 9. The van der Waals surface area contributed by atoms with Crippen molar-refractivity contribution < 1.29 is 5.11 Å². The largest absolute Gasteiger partial charge is 0.396 e. The van der Waals surface area contributed by atoms with Gasteiger partial charge in [-0.1, -0.05) is 60.7 Å². The van der Waals surface area contributed by atoms with Crippen molar-refractivity contribution in [1.29, 1.82) is 0 Å². The van der Waals surface area contributed by atoms with Crippen molar-refractivity contribution in [2.24, 2.45) is 5.92 Å². The predicted octanol–water partition coefficient (Wildman–Crippen LogP) is 2.17. The summed E-state index contributed by atoms with van der Waals surface area (Å²) >= 11 is 0. The minimum Gasteiger partial charge on any atom is -0.396 e. The van der Waals surface area contributed by atoms with Crippen LogP contribution in [0.5, 0.6) is 0 Å². The molecular weight excluding hydrogens is 260 g/mol. The smallest absolute Gasteiger partial charge is 0.0483 e. The second kappa shape index (κ2) is 9.29. The summed E-state index contributed by atoms with van der Waals surface area (Å²) < 4.78 is 0. The number of hydrogen-bond acceptors (Lipinski definition) is 3. The van der Waals surface area contributed by atoms with E-state index in [1.165, 1.54) is 11.1 Å². The third kappa shape index (κ3) is 6.08. The SMILES string of the molecule is OCC(CNCc1ccccc1)CNCc1ccccc1. The normalized spacial score (nSPS) is 11.0. The average molecular weight is 284 g/mol. The van der Waals surface area contributed by atoms with E-state index in [0.29, 0.717) is 0 Å². The van der Waals surface area contributed by atoms with E-state index >= 15 is 0 Å². The molecule has 0 heterocycles. The lowest BCUT2D eigenvalue weighted by molar-refractivity contribution is 0.218. The van der Waals surface area contributed by atoms with E-state index < -0.39 is 0 Å². The molecule has 0 aromatic heterocycles. The Bertz CT molecular complexity index is 442. The van der Waals surface area contributed by atoms with Crippen LogP contribution >= 0.6 is 0 Å². The molecule has 0 aliphatic carbocycles. The Morgan fingerprint density at radius 1 is 0.714 bits per heavy atom. The topological polar surface area (TPSA) is 44.3 Å². The molecule has 3 N–H and O–H groups in total. The number of aliphatic hydroxyl groups is 1. The summed E-state index contributed by atoms with van der Waals surface area (Å²) in [4.78, 5) is 0. The van der Waals surface area contributed by atoms with Crippen LogP contribution in [0.1, 0.15) is 11.1 Å². The van der Waals surface area contributed by atoms with Crippen molar-refractivity contribution in [3.05, 3.63) is 71.8 Å². The summed E-state index contributed by atoms with van der Waals surface area (Å²) in [5.74, 6) is 0.234. The molecule has 112 valence electrons. The molecule has 2 aromatic rings. The summed E-state index contributed by atoms with van der Waals surface area (Å²) in [5, 5.41) is 16.2. The Morgan fingerprint density at radius 2 is 1.14 bits per heavy atom. The quantitative estimate of drug-likeness (QED) is 0.661. The van der Waals surface area contributed by atoms with E-state index in [2.05, 4.69) is 34.9 Å². The molecule has 0 unspecified atom stereocenters. The molecule has 0 aliphatic rings. The van der Waals surface area contributed by atoms with Crippen LogP contribution in [-0.2, 0) is 13.1 Å². The summed E-state index contributed by atoms with van der Waals surface area (Å²) in [6.07, 6.45) is 0. The van der Waals surface area contributed by atoms with Gasteiger partial charge in [0.2, 0.25) is 0 Å². The first-order chi connectivity index (χ1) is 10.4. The fourth-order valence-corrected chi connectivity index (χ4v) is 2.23. The third-order valence-electron chi connectivity index (χ3n) is 3.47. The Kier molecular flexibility index (Phi) is 6.95. The van der Waals surface area contributed by atoms with Gasteiger partial charge in [0.25, 0.3) is 0 Å². The molecule has 2 aromatic carbocycles. The standard InChI is InChI=1S/C18H24N2O/c21-15-18(13-19-11-16-7-3-1-4-8-16)14-20-12-17-9-5-2-6-10-17/h1-10,18-21H,11-15H2. The van der Waals surface area contributed by atoms with Crippen LogP contribution in [0.15, 0.2) is 60.7 Å². The fraction of sp³-hybridized carbons (Fsp3) is 0.333. The highest BCUT2D eigenvalue weighted by atomic mass is 16.3. The van der Waals surface area contributed by atoms with E-state index in [4.69, 9.17) is 0 Å². The third-order valence-corrected chi connectivity index (χ3v) is 3.47. The molecular formula is C18H24N2O. The Balaban J connectivity index is 1.64. The first-order valence-electron chi connectivity index (χ1n) is 7.48. The molecule has 0 radical (unpaired) electrons. The van der Waals surface area contributed by atoms with Crippen LogP contribution < -0.4 is 10.6 Å². The van der Waals surface area contributed by atoms with E-state index in [1.54, 1.807) is 0 Å². The summed E-state index contributed by atoms with van der Waals surface area (Å²) in [7, 11) is 0. The number of aliphatic hydroxyl groups excluding tert-OH is 1. The van der Waals surface area contributed by atoms with Gasteiger partial charge < -0.3 is 15.7 Å². The van der Waals surface area contributed by atoms with Crippen LogP contribution in [0.4, 0.5) is 0 Å². The van der Waals surface area contributed by atoms with Gasteiger partial charge in [-0.05, 0) is 11.1 Å². The van der Waals surface area contributed by atoms with Crippen LogP contribution in [-0.4, -0.2) is 24.8 Å². The van der Waals surface area contributed by atoms with Crippen LogP contribution in [0.25, 0.3) is 0 Å². The van der Waals surface area contributed by atoms with Crippen LogP contribution in [0.3, 0.4) is 0 Å². The Morgan fingerprint density at radius 3 is 1.52 bits per heavy atom. The van der Waals surface area contributed by atoms with E-state index in [-0.39, 0.29) is 12.5 Å². The summed E-state index contributed by atoms with van der Waals surface area (Å²) in [5.41, 5.74) is 2.54. The fourth-order valence-electron chi connectivity index (χ4n) is 2.23. The monoisotopic (exact) mass is 284 g/mol. The van der Waals surface area contributed by atoms with Crippen LogP contribution in [0.2, 0.25) is 0 Å². The zero-order valence-electron chi connectivity index (χ0n) is 12.3. The van der Waals surface area contributed by atoms with Crippen molar-refractivity contribution in [3.8, 4) is 0 Å². The molecule has 3 nitrogen and oxygen atoms in total. The molecule has 2 rings (SSSR count). The second-order valence-corrected chi connectivity index (χ2v) is 5.28. The molecule has 0 atom stereocenters. The van der Waals surface area contributed by atoms with Crippen molar-refractivity contribution in [2.45, 2.75) is 13.1 Å². The highest BCUT2D eigenvalue weighted by molar-refractivity contribution is 5.15. The predicted molar refractivity (Wildman–Crippen MR) is 86.9 cm³/mol. The van der Waals surface area contributed by atoms with Crippen molar-refractivity contribution >= 4 is 0 Å². The molecule has 0 bridgehead atoms. The second-order valence-electron chi connectivity index (χ2n) is 5.28. The van der Waals surface area contributed by atoms with E-state index in [0.717, 1.165) is 26.2 Å². The first kappa shape index (κ1) is 15.7. The molecule has 0 saturated heterocycles. The molecule has 0 amide bonds. The van der Waals surface area contributed by atoms with Gasteiger partial charge in [0.1, 0.15) is 0 Å². The lowest BCUT2D eigenvalue weighted by Crippen LogP contribution is -2.33. The van der Waals surface area contributed by atoms with Gasteiger partial charge in [0, 0.05) is 38.7 Å². The molecule has 21 heavy (non-hydrogen) atoms. The van der Waals surface area contributed by atoms with Gasteiger partial charge in [-0.25, -0.2) is 0 Å². The zero-order valence-corrected chi connectivity index (χ0v) is 12.3. The maximum atomic E-state index is 9.44. The number of benzene rings is 2. The zero-order chi connectivity index (χ0) is 14.8. The molecule has 0 saturated carbocycles. The van der Waals surface area contributed by atoms with Gasteiger partial charge in [-0.15, -0.1) is 0 Å². The van der Waals surface area contributed by atoms with Crippen molar-refractivity contribution in [2.75, 3.05) is 19.7 Å². The van der Waals surface area contributed by atoms with Crippen LogP contribution in [0, 0.1) is 5.92 Å². The molecule has 0 spiro atoms. The summed E-state index contributed by atoms with van der Waals surface area (Å²) in [6.45, 7) is 3.51. The van der Waals surface area contributed by atoms with E-state index in [1.807, 2.05) is 36.4 Å². The van der Waals surface area contributed by atoms with Gasteiger partial charge in [-0.3, -0.25) is 0 Å². The maximum Gasteiger partial charge on any atom is 0.0483 e. The molecule has 3 heteroatoms. The summed E-state index contributed by atoms with van der Waals surface area (Å²) in [6, 6.07) is 20.6. The van der Waals surface area contributed by atoms with Gasteiger partial charge in [0.15, 0.2) is 0 Å².